The van der Waals surface area contributed by atoms with E-state index >= 15 is 0 Å². The number of benzene rings is 1. The molecule has 0 amide bonds. The molecule has 2 aromatic rings. The third-order valence-corrected chi connectivity index (χ3v) is 4.03. The van der Waals surface area contributed by atoms with Crippen LogP contribution in [-0.4, -0.2) is 31.5 Å². The Kier molecular flexibility index (Phi) is 5.84. The van der Waals surface area contributed by atoms with E-state index in [2.05, 4.69) is 5.10 Å². The van der Waals surface area contributed by atoms with Crippen molar-refractivity contribution in [2.45, 2.75) is 59.6 Å². The molecule has 26 heavy (non-hydrogen) atoms. The monoisotopic (exact) mass is 365 g/mol. The Labute approximate surface area is 151 Å². The van der Waals surface area contributed by atoms with Crippen LogP contribution < -0.4 is 10.4 Å². The number of carbonyl (C=O) groups is 1. The second-order valence-electron chi connectivity index (χ2n) is 6.53. The zero-order valence-corrected chi connectivity index (χ0v) is 15.6. The van der Waals surface area contributed by atoms with Crippen molar-refractivity contribution in [2.75, 3.05) is 0 Å². The molecule has 0 aliphatic heterocycles. The van der Waals surface area contributed by atoms with Crippen LogP contribution in [0.15, 0.2) is 16.9 Å². The maximum Gasteiger partial charge on any atom is 0.351 e. The van der Waals surface area contributed by atoms with Gasteiger partial charge >= 0.3 is 11.7 Å². The summed E-state index contributed by atoms with van der Waals surface area (Å²) < 4.78 is 22.6. The Morgan fingerprint density at radius 2 is 2.00 bits per heavy atom. The maximum atomic E-state index is 14.6. The molecule has 1 heterocycles. The highest BCUT2D eigenvalue weighted by molar-refractivity contribution is 5.91. The van der Waals surface area contributed by atoms with E-state index in [9.17, 15) is 19.1 Å². The summed E-state index contributed by atoms with van der Waals surface area (Å²) >= 11 is 0. The lowest BCUT2D eigenvalue weighted by Crippen LogP contribution is -2.26. The molecule has 7 nitrogen and oxygen atoms in total. The molecule has 2 rings (SSSR count). The van der Waals surface area contributed by atoms with Gasteiger partial charge in [-0.05, 0) is 40.2 Å². The Morgan fingerprint density at radius 1 is 1.35 bits per heavy atom. The molecule has 142 valence electrons. The number of halogens is 1. The van der Waals surface area contributed by atoms with Gasteiger partial charge in [-0.15, -0.1) is 0 Å². The van der Waals surface area contributed by atoms with Crippen molar-refractivity contribution in [1.29, 1.82) is 0 Å². The van der Waals surface area contributed by atoms with Gasteiger partial charge in [0, 0.05) is 12.1 Å². The van der Waals surface area contributed by atoms with Crippen LogP contribution in [0.25, 0.3) is 5.69 Å². The summed E-state index contributed by atoms with van der Waals surface area (Å²) in [6, 6.07) is 1.95. The second-order valence-corrected chi connectivity index (χ2v) is 6.53. The number of carboxylic acid groups (broad SMARTS) is 1. The van der Waals surface area contributed by atoms with Gasteiger partial charge in [0.05, 0.1) is 6.10 Å². The number of carboxylic acids is 1. The Morgan fingerprint density at radius 3 is 2.50 bits per heavy atom. The molecule has 1 aromatic heterocycles. The van der Waals surface area contributed by atoms with Gasteiger partial charge < -0.3 is 9.84 Å². The van der Waals surface area contributed by atoms with Crippen molar-refractivity contribution in [3.8, 4) is 11.4 Å². The molecular formula is C18H24FN3O4. The Balaban J connectivity index is 2.62. The van der Waals surface area contributed by atoms with Crippen molar-refractivity contribution >= 4 is 5.97 Å². The standard InChI is InChI=1S/C18H24FN3O4/c1-6-7-11(4)26-16-9-15(14(19)8-13(16)17(23)24)22-18(25)21(10(2)3)12(5)20-22/h8-11H,6-7H2,1-5H3,(H,23,24)/t11-/m0/s1. The number of rotatable bonds is 7. The first-order valence-corrected chi connectivity index (χ1v) is 8.59. The molecule has 8 heteroatoms. The lowest BCUT2D eigenvalue weighted by molar-refractivity contribution is 0.0689. The number of hydrogen-bond donors (Lipinski definition) is 1. The number of hydrogen-bond acceptors (Lipinski definition) is 4. The largest absolute Gasteiger partial charge is 0.490 e. The van der Waals surface area contributed by atoms with E-state index in [1.54, 1.807) is 6.92 Å². The highest BCUT2D eigenvalue weighted by atomic mass is 19.1. The zero-order valence-electron chi connectivity index (χ0n) is 15.6. The number of aryl methyl sites for hydroxylation is 1. The van der Waals surface area contributed by atoms with Crippen LogP contribution in [0, 0.1) is 12.7 Å². The molecule has 0 saturated carbocycles. The molecule has 0 aliphatic rings. The van der Waals surface area contributed by atoms with Gasteiger partial charge in [-0.3, -0.25) is 4.57 Å². The molecule has 0 unspecified atom stereocenters. The topological polar surface area (TPSA) is 86.4 Å². The summed E-state index contributed by atoms with van der Waals surface area (Å²) in [5, 5.41) is 13.5. The molecule has 0 spiro atoms. The molecule has 0 bridgehead atoms. The van der Waals surface area contributed by atoms with Gasteiger partial charge in [0.25, 0.3) is 0 Å². The molecule has 1 atom stereocenters. The summed E-state index contributed by atoms with van der Waals surface area (Å²) in [5.41, 5.74) is -0.921. The van der Waals surface area contributed by atoms with Crippen molar-refractivity contribution in [2.24, 2.45) is 0 Å². The normalized spacial score (nSPS) is 12.4. The lowest BCUT2D eigenvalue weighted by Gasteiger charge is -2.17. The van der Waals surface area contributed by atoms with Gasteiger partial charge in [0.1, 0.15) is 28.6 Å². The first-order valence-electron chi connectivity index (χ1n) is 8.59. The van der Waals surface area contributed by atoms with E-state index in [-0.39, 0.29) is 29.1 Å². The number of aromatic carboxylic acids is 1. The average molecular weight is 365 g/mol. The predicted octanol–water partition coefficient (Wildman–Crippen LogP) is 3.33. The van der Waals surface area contributed by atoms with Crippen LogP contribution in [-0.2, 0) is 0 Å². The minimum absolute atomic E-state index is 0.0125. The summed E-state index contributed by atoms with van der Waals surface area (Å²) in [6.07, 6.45) is 1.32. The quantitative estimate of drug-likeness (QED) is 0.813. The summed E-state index contributed by atoms with van der Waals surface area (Å²) in [6.45, 7) is 9.09. The van der Waals surface area contributed by atoms with Crippen molar-refractivity contribution in [1.82, 2.24) is 14.3 Å². The van der Waals surface area contributed by atoms with Crippen LogP contribution in [0.4, 0.5) is 4.39 Å². The summed E-state index contributed by atoms with van der Waals surface area (Å²) in [5.74, 6) is -1.70. The second kappa shape index (κ2) is 7.72. The minimum atomic E-state index is -1.30. The highest BCUT2D eigenvalue weighted by Crippen LogP contribution is 2.27. The van der Waals surface area contributed by atoms with E-state index in [0.717, 1.165) is 17.2 Å². The highest BCUT2D eigenvalue weighted by Gasteiger charge is 2.22. The van der Waals surface area contributed by atoms with Gasteiger partial charge in [0.2, 0.25) is 0 Å². The molecule has 0 aliphatic carbocycles. The van der Waals surface area contributed by atoms with Crippen molar-refractivity contribution in [3.63, 3.8) is 0 Å². The van der Waals surface area contributed by atoms with Crippen LogP contribution in [0.5, 0.6) is 5.75 Å². The van der Waals surface area contributed by atoms with E-state index in [4.69, 9.17) is 4.74 Å². The van der Waals surface area contributed by atoms with E-state index in [1.165, 1.54) is 10.6 Å². The molecule has 1 aromatic carbocycles. The Hall–Kier alpha value is -2.64. The van der Waals surface area contributed by atoms with E-state index in [0.29, 0.717) is 12.2 Å². The molecule has 0 radical (unpaired) electrons. The first kappa shape index (κ1) is 19.7. The molecule has 0 fully saturated rings. The van der Waals surface area contributed by atoms with Crippen LogP contribution in [0.3, 0.4) is 0 Å². The first-order chi connectivity index (χ1) is 12.2. The van der Waals surface area contributed by atoms with Crippen LogP contribution in [0.1, 0.15) is 62.8 Å². The minimum Gasteiger partial charge on any atom is -0.490 e. The maximum absolute atomic E-state index is 14.6. The van der Waals surface area contributed by atoms with Gasteiger partial charge in [-0.25, -0.2) is 14.0 Å². The van der Waals surface area contributed by atoms with Crippen molar-refractivity contribution < 1.29 is 19.0 Å². The van der Waals surface area contributed by atoms with Crippen molar-refractivity contribution in [3.05, 3.63) is 39.8 Å². The van der Waals surface area contributed by atoms with E-state index < -0.39 is 17.5 Å². The SMILES string of the molecule is CCC[C@H](C)Oc1cc(-n2nc(C)n(C(C)C)c2=O)c(F)cc1C(=O)O. The third kappa shape index (κ3) is 3.79. The van der Waals surface area contributed by atoms with Gasteiger partial charge in [-0.1, -0.05) is 13.3 Å². The van der Waals surface area contributed by atoms with Gasteiger partial charge in [0.15, 0.2) is 0 Å². The number of nitrogens with zero attached hydrogens (tertiary/aromatic N) is 3. The fourth-order valence-electron chi connectivity index (χ4n) is 2.88. The lowest BCUT2D eigenvalue weighted by atomic mass is 10.1. The average Bonchev–Trinajstić information content (AvgIpc) is 2.83. The molecule has 0 saturated heterocycles. The van der Waals surface area contributed by atoms with Crippen LogP contribution >= 0.6 is 0 Å². The zero-order chi connectivity index (χ0) is 19.6. The van der Waals surface area contributed by atoms with E-state index in [1.807, 2.05) is 27.7 Å². The molecule has 1 N–H and O–H groups in total. The fraction of sp³-hybridized carbons (Fsp3) is 0.500. The predicted molar refractivity (Wildman–Crippen MR) is 94.9 cm³/mol. The Bertz CT molecular complexity index is 870. The number of ether oxygens (including phenoxy) is 1. The van der Waals surface area contributed by atoms with Crippen LogP contribution in [0.2, 0.25) is 0 Å². The number of aromatic nitrogens is 3. The fourth-order valence-corrected chi connectivity index (χ4v) is 2.88. The smallest absolute Gasteiger partial charge is 0.351 e. The third-order valence-electron chi connectivity index (χ3n) is 4.03. The molecular weight excluding hydrogens is 341 g/mol. The summed E-state index contributed by atoms with van der Waals surface area (Å²) in [7, 11) is 0. The summed E-state index contributed by atoms with van der Waals surface area (Å²) in [4.78, 5) is 24.0. The van der Waals surface area contributed by atoms with Gasteiger partial charge in [-0.2, -0.15) is 9.78 Å².